The first-order valence-electron chi connectivity index (χ1n) is 9.92. The van der Waals surface area contributed by atoms with Crippen molar-refractivity contribution in [1.29, 1.82) is 0 Å². The van der Waals surface area contributed by atoms with E-state index < -0.39 is 11.5 Å². The summed E-state index contributed by atoms with van der Waals surface area (Å²) in [6, 6.07) is 0. The molecule has 1 amide bonds. The second-order valence-electron chi connectivity index (χ2n) is 7.65. The highest BCUT2D eigenvalue weighted by Gasteiger charge is 2.26. The molecule has 1 N–H and O–H groups in total. The number of unbranched alkanes of at least 4 members (excludes halogenated alkanes) is 2. The normalized spacial score (nSPS) is 11.2. The van der Waals surface area contributed by atoms with E-state index >= 15 is 0 Å². The van der Waals surface area contributed by atoms with E-state index in [4.69, 9.17) is 14.2 Å². The van der Waals surface area contributed by atoms with E-state index in [0.717, 1.165) is 12.8 Å². The summed E-state index contributed by atoms with van der Waals surface area (Å²) in [5, 5.41) is 2.54. The van der Waals surface area contributed by atoms with Crippen molar-refractivity contribution in [1.82, 2.24) is 5.32 Å². The molecule has 0 spiro atoms. The van der Waals surface area contributed by atoms with Gasteiger partial charge in [-0.3, -0.25) is 9.59 Å². The van der Waals surface area contributed by atoms with Crippen molar-refractivity contribution in [3.05, 3.63) is 0 Å². The van der Waals surface area contributed by atoms with Crippen LogP contribution in [-0.4, -0.2) is 44.4 Å². The van der Waals surface area contributed by atoms with E-state index in [1.807, 2.05) is 20.8 Å². The number of rotatable bonds is 14. The zero-order chi connectivity index (χ0) is 20.7. The molecule has 0 unspecified atom stereocenters. The van der Waals surface area contributed by atoms with Crippen molar-refractivity contribution in [3.8, 4) is 0 Å². The first-order chi connectivity index (χ1) is 12.7. The Kier molecular flexibility index (Phi) is 13.3. The topological polar surface area (TPSA) is 90.9 Å². The Labute approximate surface area is 163 Å². The lowest BCUT2D eigenvalue weighted by Gasteiger charge is -2.20. The summed E-state index contributed by atoms with van der Waals surface area (Å²) in [6.45, 7) is 10.8. The summed E-state index contributed by atoms with van der Waals surface area (Å²) in [5.41, 5.74) is -0.513. The second-order valence-corrected chi connectivity index (χ2v) is 7.65. The van der Waals surface area contributed by atoms with Gasteiger partial charge in [-0.2, -0.15) is 0 Å². The Balaban J connectivity index is 3.54. The first-order valence-corrected chi connectivity index (χ1v) is 9.92. The van der Waals surface area contributed by atoms with Gasteiger partial charge < -0.3 is 19.5 Å². The molecule has 0 atom stereocenters. The van der Waals surface area contributed by atoms with Crippen LogP contribution in [0.1, 0.15) is 73.1 Å². The van der Waals surface area contributed by atoms with Crippen LogP contribution in [0, 0.1) is 11.3 Å². The fourth-order valence-corrected chi connectivity index (χ4v) is 1.88. The number of carbonyl (C=O) groups is 3. The maximum Gasteiger partial charge on any atom is 0.407 e. The number of hydrogen-bond acceptors (Lipinski definition) is 6. The molecule has 7 heteroatoms. The van der Waals surface area contributed by atoms with Crippen LogP contribution < -0.4 is 5.32 Å². The third-order valence-corrected chi connectivity index (χ3v) is 4.26. The van der Waals surface area contributed by atoms with Gasteiger partial charge in [-0.15, -0.1) is 0 Å². The predicted octanol–water partition coefficient (Wildman–Crippen LogP) is 3.84. The molecule has 0 aliphatic heterocycles. The molecule has 0 saturated heterocycles. The molecule has 0 aromatic carbocycles. The molecule has 0 saturated carbocycles. The molecule has 0 aliphatic rings. The highest BCUT2D eigenvalue weighted by atomic mass is 16.6. The van der Waals surface area contributed by atoms with Crippen LogP contribution in [-0.2, 0) is 23.8 Å². The van der Waals surface area contributed by atoms with Gasteiger partial charge in [-0.05, 0) is 51.9 Å². The fourth-order valence-electron chi connectivity index (χ4n) is 1.88. The molecule has 27 heavy (non-hydrogen) atoms. The third-order valence-electron chi connectivity index (χ3n) is 4.26. The average molecular weight is 388 g/mol. The van der Waals surface area contributed by atoms with Gasteiger partial charge in [0.05, 0.1) is 25.2 Å². The van der Waals surface area contributed by atoms with Crippen molar-refractivity contribution in [3.63, 3.8) is 0 Å². The van der Waals surface area contributed by atoms with Crippen LogP contribution in [0.3, 0.4) is 0 Å². The van der Waals surface area contributed by atoms with Crippen LogP contribution in [0.2, 0.25) is 0 Å². The zero-order valence-electron chi connectivity index (χ0n) is 17.6. The van der Waals surface area contributed by atoms with Gasteiger partial charge in [0.2, 0.25) is 0 Å². The zero-order valence-corrected chi connectivity index (χ0v) is 17.6. The molecular formula is C20H37NO6. The van der Waals surface area contributed by atoms with Crippen molar-refractivity contribution < 1.29 is 28.6 Å². The minimum Gasteiger partial charge on any atom is -0.466 e. The fraction of sp³-hybridized carbons (Fsp3) is 0.850. The van der Waals surface area contributed by atoms with E-state index in [0.29, 0.717) is 38.2 Å². The van der Waals surface area contributed by atoms with Crippen LogP contribution in [0.4, 0.5) is 4.79 Å². The number of amides is 1. The van der Waals surface area contributed by atoms with E-state index in [1.54, 1.807) is 0 Å². The lowest BCUT2D eigenvalue weighted by molar-refractivity contribution is -0.154. The molecule has 0 fully saturated rings. The lowest BCUT2D eigenvalue weighted by Crippen LogP contribution is -2.32. The van der Waals surface area contributed by atoms with Gasteiger partial charge in [0.25, 0.3) is 0 Å². The van der Waals surface area contributed by atoms with Crippen molar-refractivity contribution in [2.24, 2.45) is 11.3 Å². The molecule has 0 heterocycles. The SMILES string of the molecule is CCC(C)(C)C(=O)OCCNC(=O)OCCCCCC(=O)OCCC(C)C. The van der Waals surface area contributed by atoms with Crippen molar-refractivity contribution in [2.75, 3.05) is 26.4 Å². The minimum absolute atomic E-state index is 0.121. The van der Waals surface area contributed by atoms with Crippen molar-refractivity contribution in [2.45, 2.75) is 73.1 Å². The summed E-state index contributed by atoms with van der Waals surface area (Å²) in [7, 11) is 0. The monoisotopic (exact) mass is 387 g/mol. The highest BCUT2D eigenvalue weighted by Crippen LogP contribution is 2.21. The second kappa shape index (κ2) is 14.3. The molecular weight excluding hydrogens is 350 g/mol. The first kappa shape index (κ1) is 25.2. The molecule has 0 rings (SSSR count). The Bertz CT molecular complexity index is 448. The van der Waals surface area contributed by atoms with E-state index in [1.165, 1.54) is 0 Å². The third kappa shape index (κ3) is 14.0. The Morgan fingerprint density at radius 1 is 0.926 bits per heavy atom. The Morgan fingerprint density at radius 2 is 1.63 bits per heavy atom. The summed E-state index contributed by atoms with van der Waals surface area (Å²) in [4.78, 5) is 34.7. The molecule has 0 aliphatic carbocycles. The average Bonchev–Trinajstić information content (AvgIpc) is 2.61. The summed E-state index contributed by atoms with van der Waals surface area (Å²) in [5.74, 6) is 0.0781. The molecule has 7 nitrogen and oxygen atoms in total. The molecule has 0 radical (unpaired) electrons. The van der Waals surface area contributed by atoms with Gasteiger partial charge in [0, 0.05) is 6.42 Å². The number of carbonyl (C=O) groups excluding carboxylic acids is 3. The number of alkyl carbamates (subject to hydrolysis) is 1. The van der Waals surface area contributed by atoms with Gasteiger partial charge in [0.15, 0.2) is 0 Å². The molecule has 0 bridgehead atoms. The van der Waals surface area contributed by atoms with Crippen molar-refractivity contribution >= 4 is 18.0 Å². The number of hydrogen-bond donors (Lipinski definition) is 1. The van der Waals surface area contributed by atoms with Gasteiger partial charge in [-0.1, -0.05) is 20.8 Å². The molecule has 0 aromatic rings. The van der Waals surface area contributed by atoms with E-state index in [-0.39, 0.29) is 31.7 Å². The molecule has 158 valence electrons. The maximum atomic E-state index is 11.7. The highest BCUT2D eigenvalue weighted by molar-refractivity contribution is 5.75. The maximum absolute atomic E-state index is 11.7. The molecule has 0 aromatic heterocycles. The summed E-state index contributed by atoms with van der Waals surface area (Å²) >= 11 is 0. The number of esters is 2. The Hall–Kier alpha value is -1.79. The van der Waals surface area contributed by atoms with E-state index in [2.05, 4.69) is 19.2 Å². The van der Waals surface area contributed by atoms with Gasteiger partial charge in [-0.25, -0.2) is 4.79 Å². The van der Waals surface area contributed by atoms with Gasteiger partial charge in [0.1, 0.15) is 6.61 Å². The van der Waals surface area contributed by atoms with Gasteiger partial charge >= 0.3 is 18.0 Å². The van der Waals surface area contributed by atoms with Crippen LogP contribution in [0.15, 0.2) is 0 Å². The standard InChI is InChI=1S/C20H37NO6/c1-6-20(4,5)18(23)26-15-12-21-19(24)27-13-9-7-8-10-17(22)25-14-11-16(2)3/h16H,6-15H2,1-5H3,(H,21,24). The summed E-state index contributed by atoms with van der Waals surface area (Å²) < 4.78 is 15.3. The Morgan fingerprint density at radius 3 is 2.26 bits per heavy atom. The largest absolute Gasteiger partial charge is 0.466 e. The quantitative estimate of drug-likeness (QED) is 0.277. The van der Waals surface area contributed by atoms with Crippen LogP contribution in [0.25, 0.3) is 0 Å². The van der Waals surface area contributed by atoms with Crippen LogP contribution >= 0.6 is 0 Å². The minimum atomic E-state index is -0.533. The summed E-state index contributed by atoms with van der Waals surface area (Å²) in [6.07, 6.45) is 3.62. The number of nitrogens with one attached hydrogen (secondary N) is 1. The smallest absolute Gasteiger partial charge is 0.407 e. The van der Waals surface area contributed by atoms with E-state index in [9.17, 15) is 14.4 Å². The van der Waals surface area contributed by atoms with Crippen LogP contribution in [0.5, 0.6) is 0 Å². The number of ether oxygens (including phenoxy) is 3. The lowest BCUT2D eigenvalue weighted by atomic mass is 9.91. The predicted molar refractivity (Wildman–Crippen MR) is 103 cm³/mol.